The van der Waals surface area contributed by atoms with E-state index in [-0.39, 0.29) is 36.4 Å². The van der Waals surface area contributed by atoms with E-state index >= 15 is 0 Å². The van der Waals surface area contributed by atoms with E-state index < -0.39 is 16.0 Å². The molecule has 37 heavy (non-hydrogen) atoms. The lowest BCUT2D eigenvalue weighted by Gasteiger charge is -2.30. The second-order valence-electron chi connectivity index (χ2n) is 8.36. The van der Waals surface area contributed by atoms with Gasteiger partial charge in [-0.1, -0.05) is 41.7 Å². The molecule has 4 rings (SSSR count). The number of carbonyl (C=O) groups excluding carboxylic acids is 2. The van der Waals surface area contributed by atoms with Gasteiger partial charge in [0.15, 0.2) is 5.13 Å². The predicted octanol–water partition coefficient (Wildman–Crippen LogP) is 4.42. The Bertz CT molecular complexity index is 1330. The van der Waals surface area contributed by atoms with Crippen molar-refractivity contribution in [2.24, 2.45) is 5.92 Å². The molecule has 9 nitrogen and oxygen atoms in total. The zero-order chi connectivity index (χ0) is 26.4. The maximum atomic E-state index is 13.0. The highest BCUT2D eigenvalue weighted by Crippen LogP contribution is 2.33. The van der Waals surface area contributed by atoms with Crippen molar-refractivity contribution in [1.82, 2.24) is 9.29 Å². The number of aromatic nitrogens is 1. The number of hydrogen-bond donors (Lipinski definition) is 1. The fourth-order valence-electron chi connectivity index (χ4n) is 4.09. The third kappa shape index (κ3) is 6.17. The standard InChI is InChI=1S/C26H29N3O6S2/c1-3-34-20-10-12-21(13-11-20)37(32,33)29-16-14-19(15-17-29)24(30)28-26-27-22(18-8-6-5-7-9-18)23(36-26)25(31)35-4-2/h5-13,19H,3-4,14-17H2,1-2H3,(H,27,28,30). The number of nitrogens with one attached hydrogen (secondary N) is 1. The third-order valence-corrected chi connectivity index (χ3v) is 8.83. The molecule has 1 aliphatic rings. The summed E-state index contributed by atoms with van der Waals surface area (Å²) < 4.78 is 38.1. The van der Waals surface area contributed by atoms with Gasteiger partial charge in [-0.25, -0.2) is 18.2 Å². The fourth-order valence-corrected chi connectivity index (χ4v) is 6.44. The maximum absolute atomic E-state index is 13.0. The molecule has 0 spiro atoms. The molecule has 1 N–H and O–H groups in total. The molecule has 196 valence electrons. The van der Waals surface area contributed by atoms with Crippen LogP contribution in [0.1, 0.15) is 36.4 Å². The van der Waals surface area contributed by atoms with Gasteiger partial charge in [0, 0.05) is 24.6 Å². The quantitative estimate of drug-likeness (QED) is 0.397. The number of thiazole rings is 1. The molecule has 1 saturated heterocycles. The Morgan fingerprint density at radius 1 is 1.03 bits per heavy atom. The molecule has 0 aliphatic carbocycles. The lowest BCUT2D eigenvalue weighted by Crippen LogP contribution is -2.41. The van der Waals surface area contributed by atoms with E-state index in [0.29, 0.717) is 40.9 Å². The van der Waals surface area contributed by atoms with Crippen LogP contribution in [-0.4, -0.2) is 55.9 Å². The molecule has 1 fully saturated rings. The first-order chi connectivity index (χ1) is 17.8. The minimum Gasteiger partial charge on any atom is -0.494 e. The number of amides is 1. The summed E-state index contributed by atoms with van der Waals surface area (Å²) >= 11 is 1.07. The highest BCUT2D eigenvalue weighted by molar-refractivity contribution is 7.89. The van der Waals surface area contributed by atoms with Crippen molar-refractivity contribution in [3.8, 4) is 17.0 Å². The van der Waals surface area contributed by atoms with Crippen LogP contribution in [0.2, 0.25) is 0 Å². The molecule has 2 aromatic carbocycles. The van der Waals surface area contributed by atoms with Crippen LogP contribution in [0.5, 0.6) is 5.75 Å². The molecule has 2 heterocycles. The lowest BCUT2D eigenvalue weighted by atomic mass is 9.97. The monoisotopic (exact) mass is 543 g/mol. The smallest absolute Gasteiger partial charge is 0.350 e. The van der Waals surface area contributed by atoms with Gasteiger partial charge < -0.3 is 14.8 Å². The highest BCUT2D eigenvalue weighted by atomic mass is 32.2. The van der Waals surface area contributed by atoms with E-state index in [9.17, 15) is 18.0 Å². The van der Waals surface area contributed by atoms with Crippen LogP contribution in [0.3, 0.4) is 0 Å². The Labute approximate surface area is 220 Å². The SMILES string of the molecule is CCOC(=O)c1sc(NC(=O)C2CCN(S(=O)(=O)c3ccc(OCC)cc3)CC2)nc1-c1ccccc1. The highest BCUT2D eigenvalue weighted by Gasteiger charge is 2.33. The van der Waals surface area contributed by atoms with Crippen LogP contribution < -0.4 is 10.1 Å². The molecule has 0 atom stereocenters. The van der Waals surface area contributed by atoms with Gasteiger partial charge >= 0.3 is 5.97 Å². The van der Waals surface area contributed by atoms with Gasteiger partial charge in [-0.15, -0.1) is 0 Å². The van der Waals surface area contributed by atoms with Crippen molar-refractivity contribution >= 4 is 38.4 Å². The van der Waals surface area contributed by atoms with E-state index in [4.69, 9.17) is 9.47 Å². The van der Waals surface area contributed by atoms with Crippen LogP contribution in [0.4, 0.5) is 5.13 Å². The molecule has 11 heteroatoms. The second kappa shape index (κ2) is 11.8. The first kappa shape index (κ1) is 26.8. The summed E-state index contributed by atoms with van der Waals surface area (Å²) in [6.07, 6.45) is 0.757. The van der Waals surface area contributed by atoms with E-state index in [1.54, 1.807) is 19.1 Å². The first-order valence-electron chi connectivity index (χ1n) is 12.1. The second-order valence-corrected chi connectivity index (χ2v) is 11.3. The van der Waals surface area contributed by atoms with Gasteiger partial charge in [-0.2, -0.15) is 4.31 Å². The van der Waals surface area contributed by atoms with E-state index in [0.717, 1.165) is 16.9 Å². The average Bonchev–Trinajstić information content (AvgIpc) is 3.34. The lowest BCUT2D eigenvalue weighted by molar-refractivity contribution is -0.120. The summed E-state index contributed by atoms with van der Waals surface area (Å²) in [5.74, 6) is -0.503. The van der Waals surface area contributed by atoms with E-state index in [1.165, 1.54) is 16.4 Å². The van der Waals surface area contributed by atoms with Crippen LogP contribution in [0.15, 0.2) is 59.5 Å². The fraction of sp³-hybridized carbons (Fsp3) is 0.346. The number of piperidine rings is 1. The molecular formula is C26H29N3O6S2. The summed E-state index contributed by atoms with van der Waals surface area (Å²) in [7, 11) is -3.67. The maximum Gasteiger partial charge on any atom is 0.350 e. The summed E-state index contributed by atoms with van der Waals surface area (Å²) in [6, 6.07) is 15.6. The summed E-state index contributed by atoms with van der Waals surface area (Å²) in [5, 5.41) is 3.12. The van der Waals surface area contributed by atoms with E-state index in [2.05, 4.69) is 10.3 Å². The number of ether oxygens (including phenoxy) is 2. The van der Waals surface area contributed by atoms with Gasteiger partial charge in [0.1, 0.15) is 10.6 Å². The molecule has 0 radical (unpaired) electrons. The van der Waals surface area contributed by atoms with Crippen molar-refractivity contribution in [3.63, 3.8) is 0 Å². The molecule has 1 aromatic heterocycles. The van der Waals surface area contributed by atoms with Gasteiger partial charge in [0.2, 0.25) is 15.9 Å². The number of esters is 1. The summed E-state index contributed by atoms with van der Waals surface area (Å²) in [4.78, 5) is 30.5. The van der Waals surface area contributed by atoms with E-state index in [1.807, 2.05) is 37.3 Å². The minimum atomic E-state index is -3.67. The van der Waals surface area contributed by atoms with Crippen LogP contribution in [0.25, 0.3) is 11.3 Å². The molecule has 1 aliphatic heterocycles. The van der Waals surface area contributed by atoms with Crippen molar-refractivity contribution < 1.29 is 27.5 Å². The molecule has 0 saturated carbocycles. The van der Waals surface area contributed by atoms with Gasteiger partial charge in [0.25, 0.3) is 0 Å². The summed E-state index contributed by atoms with van der Waals surface area (Å²) in [6.45, 7) is 4.78. The zero-order valence-electron chi connectivity index (χ0n) is 20.7. The molecule has 0 unspecified atom stereocenters. The number of rotatable bonds is 9. The number of anilines is 1. The Balaban J connectivity index is 1.42. The number of nitrogens with zero attached hydrogens (tertiary/aromatic N) is 2. The Hall–Kier alpha value is -3.28. The average molecular weight is 544 g/mol. The topological polar surface area (TPSA) is 115 Å². The van der Waals surface area contributed by atoms with Crippen LogP contribution in [0, 0.1) is 5.92 Å². The Morgan fingerprint density at radius 2 is 1.70 bits per heavy atom. The molecule has 1 amide bonds. The van der Waals surface area contributed by atoms with Crippen LogP contribution >= 0.6 is 11.3 Å². The molecule has 3 aromatic rings. The summed E-state index contributed by atoms with van der Waals surface area (Å²) in [5.41, 5.74) is 1.20. The first-order valence-corrected chi connectivity index (χ1v) is 14.4. The van der Waals surface area contributed by atoms with Gasteiger partial charge in [-0.05, 0) is 51.0 Å². The predicted molar refractivity (Wildman–Crippen MR) is 141 cm³/mol. The number of hydrogen-bond acceptors (Lipinski definition) is 8. The largest absolute Gasteiger partial charge is 0.494 e. The zero-order valence-corrected chi connectivity index (χ0v) is 22.3. The van der Waals surface area contributed by atoms with Crippen molar-refractivity contribution in [1.29, 1.82) is 0 Å². The Morgan fingerprint density at radius 3 is 2.32 bits per heavy atom. The van der Waals surface area contributed by atoms with Crippen LogP contribution in [-0.2, 0) is 19.6 Å². The molecular weight excluding hydrogens is 514 g/mol. The normalized spacial score (nSPS) is 14.8. The number of benzene rings is 2. The van der Waals surface area contributed by atoms with Crippen molar-refractivity contribution in [2.45, 2.75) is 31.6 Å². The third-order valence-electron chi connectivity index (χ3n) is 5.96. The minimum absolute atomic E-state index is 0.196. The van der Waals surface area contributed by atoms with Gasteiger partial charge in [-0.3, -0.25) is 4.79 Å². The van der Waals surface area contributed by atoms with Crippen molar-refractivity contribution in [2.75, 3.05) is 31.6 Å². The van der Waals surface area contributed by atoms with Gasteiger partial charge in [0.05, 0.1) is 23.8 Å². The Kier molecular flexibility index (Phi) is 8.57. The number of sulfonamides is 1. The number of carbonyl (C=O) groups is 2. The molecule has 0 bridgehead atoms. The van der Waals surface area contributed by atoms with Crippen molar-refractivity contribution in [3.05, 3.63) is 59.5 Å².